The molecule has 5 nitrogen and oxygen atoms in total. The third-order valence-electron chi connectivity index (χ3n) is 8.57. The fraction of sp³-hybridized carbons (Fsp3) is 0.783. The SMILES string of the molecule is CC(=O)OCC(=O)[C@H]1CC[C@H]2[C@@H]3CC=C4CC(O)CC[C@]4(C)[C@H]3C(=O)C[C@]12C. The van der Waals surface area contributed by atoms with E-state index in [9.17, 15) is 19.5 Å². The Hall–Kier alpha value is -1.49. The molecule has 0 aromatic heterocycles. The minimum Gasteiger partial charge on any atom is -0.458 e. The predicted molar refractivity (Wildman–Crippen MR) is 103 cm³/mol. The Labute approximate surface area is 166 Å². The minimum absolute atomic E-state index is 0.0143. The summed E-state index contributed by atoms with van der Waals surface area (Å²) in [5, 5.41) is 10.1. The number of Topliss-reactive ketones (excluding diaryl/α,β-unsaturated/α-hetero) is 2. The average Bonchev–Trinajstić information content (AvgIpc) is 2.96. The van der Waals surface area contributed by atoms with Crippen LogP contribution in [0.4, 0.5) is 0 Å². The molecule has 0 bridgehead atoms. The number of allylic oxidation sites excluding steroid dienone is 1. The molecule has 4 aliphatic rings. The van der Waals surface area contributed by atoms with Crippen LogP contribution in [-0.4, -0.2) is 35.4 Å². The molecule has 5 heteroatoms. The fourth-order valence-electron chi connectivity index (χ4n) is 7.27. The Morgan fingerprint density at radius 1 is 1.25 bits per heavy atom. The molecule has 154 valence electrons. The summed E-state index contributed by atoms with van der Waals surface area (Å²) in [6.07, 6.45) is 7.39. The van der Waals surface area contributed by atoms with Crippen molar-refractivity contribution in [3.63, 3.8) is 0 Å². The van der Waals surface area contributed by atoms with E-state index in [-0.39, 0.29) is 47.1 Å². The number of carbonyl (C=O) groups is 3. The predicted octanol–water partition coefficient (Wildman–Crippen LogP) is 3.24. The van der Waals surface area contributed by atoms with Crippen LogP contribution in [-0.2, 0) is 19.1 Å². The first kappa shape index (κ1) is 19.8. The van der Waals surface area contributed by atoms with Gasteiger partial charge in [-0.3, -0.25) is 14.4 Å². The van der Waals surface area contributed by atoms with Gasteiger partial charge in [0.15, 0.2) is 5.78 Å². The molecular weight excluding hydrogens is 356 g/mol. The van der Waals surface area contributed by atoms with E-state index in [1.165, 1.54) is 12.5 Å². The van der Waals surface area contributed by atoms with Crippen molar-refractivity contribution < 1.29 is 24.2 Å². The third-order valence-corrected chi connectivity index (χ3v) is 8.57. The van der Waals surface area contributed by atoms with E-state index in [4.69, 9.17) is 4.74 Å². The first-order chi connectivity index (χ1) is 13.2. The Morgan fingerprint density at radius 3 is 2.71 bits per heavy atom. The van der Waals surface area contributed by atoms with Gasteiger partial charge in [0.05, 0.1) is 6.10 Å². The van der Waals surface area contributed by atoms with Crippen LogP contribution in [0.5, 0.6) is 0 Å². The molecule has 28 heavy (non-hydrogen) atoms. The number of rotatable bonds is 3. The Balaban J connectivity index is 1.61. The van der Waals surface area contributed by atoms with E-state index >= 15 is 0 Å². The summed E-state index contributed by atoms with van der Waals surface area (Å²) in [5.41, 5.74) is 0.802. The van der Waals surface area contributed by atoms with Gasteiger partial charge in [0.25, 0.3) is 0 Å². The van der Waals surface area contributed by atoms with Crippen LogP contribution in [0.15, 0.2) is 11.6 Å². The summed E-state index contributed by atoms with van der Waals surface area (Å²) in [5.74, 6) is 0.259. The lowest BCUT2D eigenvalue weighted by Gasteiger charge is -2.56. The van der Waals surface area contributed by atoms with Gasteiger partial charge in [-0.1, -0.05) is 25.5 Å². The molecule has 0 spiro atoms. The number of aliphatic hydroxyl groups excluding tert-OH is 1. The number of hydrogen-bond acceptors (Lipinski definition) is 5. The number of aliphatic hydroxyl groups is 1. The number of ether oxygens (including phenoxy) is 1. The van der Waals surface area contributed by atoms with Crippen molar-refractivity contribution in [1.82, 2.24) is 0 Å². The van der Waals surface area contributed by atoms with Crippen molar-refractivity contribution in [3.8, 4) is 0 Å². The lowest BCUT2D eigenvalue weighted by molar-refractivity contribution is -0.152. The second kappa shape index (κ2) is 6.79. The zero-order valence-electron chi connectivity index (χ0n) is 17.2. The van der Waals surface area contributed by atoms with Crippen LogP contribution in [0, 0.1) is 34.5 Å². The topological polar surface area (TPSA) is 80.7 Å². The second-order valence-corrected chi connectivity index (χ2v) is 10.1. The van der Waals surface area contributed by atoms with Crippen molar-refractivity contribution in [2.75, 3.05) is 6.61 Å². The van der Waals surface area contributed by atoms with E-state index in [1.54, 1.807) is 0 Å². The molecule has 0 aliphatic heterocycles. The summed E-state index contributed by atoms with van der Waals surface area (Å²) >= 11 is 0. The highest BCUT2D eigenvalue weighted by Crippen LogP contribution is 2.65. The van der Waals surface area contributed by atoms with Crippen molar-refractivity contribution in [2.45, 2.75) is 71.8 Å². The summed E-state index contributed by atoms with van der Waals surface area (Å²) in [7, 11) is 0. The maximum atomic E-state index is 13.5. The lowest BCUT2D eigenvalue weighted by atomic mass is 9.47. The summed E-state index contributed by atoms with van der Waals surface area (Å²) < 4.78 is 4.96. The second-order valence-electron chi connectivity index (χ2n) is 10.1. The molecule has 1 N–H and O–H groups in total. The maximum absolute atomic E-state index is 13.5. The zero-order valence-corrected chi connectivity index (χ0v) is 17.2. The fourth-order valence-corrected chi connectivity index (χ4v) is 7.27. The monoisotopic (exact) mass is 388 g/mol. The van der Waals surface area contributed by atoms with Gasteiger partial charge in [0, 0.05) is 25.2 Å². The Bertz CT molecular complexity index is 739. The highest BCUT2D eigenvalue weighted by molar-refractivity contribution is 5.89. The van der Waals surface area contributed by atoms with Crippen LogP contribution in [0.25, 0.3) is 0 Å². The van der Waals surface area contributed by atoms with Crippen LogP contribution in [0.1, 0.15) is 65.7 Å². The van der Waals surface area contributed by atoms with Crippen LogP contribution >= 0.6 is 0 Å². The number of esters is 1. The molecule has 3 saturated carbocycles. The molecule has 0 radical (unpaired) electrons. The Kier molecular flexibility index (Phi) is 4.80. The van der Waals surface area contributed by atoms with Gasteiger partial charge in [-0.25, -0.2) is 0 Å². The normalized spacial score (nSPS) is 44.8. The molecule has 0 heterocycles. The van der Waals surface area contributed by atoms with Crippen molar-refractivity contribution in [3.05, 3.63) is 11.6 Å². The molecule has 0 aromatic rings. The van der Waals surface area contributed by atoms with E-state index in [1.807, 2.05) is 0 Å². The average molecular weight is 389 g/mol. The van der Waals surface area contributed by atoms with Gasteiger partial charge in [-0.05, 0) is 61.2 Å². The number of ketones is 2. The molecule has 4 aliphatic carbocycles. The first-order valence-corrected chi connectivity index (χ1v) is 10.7. The summed E-state index contributed by atoms with van der Waals surface area (Å²) in [6.45, 7) is 5.47. The Morgan fingerprint density at radius 2 is 2.00 bits per heavy atom. The molecular formula is C23H32O5. The standard InChI is InChI=1S/C23H32O5/c1-13(24)28-12-20(27)18-7-6-17-16-5-4-14-10-15(25)8-9-22(14,2)21(16)19(26)11-23(17,18)3/h4,15-18,21,25H,5-12H2,1-3H3/t15?,16-,17-,18+,21+,22-,23-/m0/s1. The van der Waals surface area contributed by atoms with Crippen molar-refractivity contribution >= 4 is 17.5 Å². The van der Waals surface area contributed by atoms with Gasteiger partial charge >= 0.3 is 5.97 Å². The first-order valence-electron chi connectivity index (χ1n) is 10.7. The van der Waals surface area contributed by atoms with Gasteiger partial charge in [-0.2, -0.15) is 0 Å². The van der Waals surface area contributed by atoms with Crippen molar-refractivity contribution in [1.29, 1.82) is 0 Å². The largest absolute Gasteiger partial charge is 0.458 e. The molecule has 1 unspecified atom stereocenters. The zero-order chi connectivity index (χ0) is 20.3. The van der Waals surface area contributed by atoms with Gasteiger partial charge < -0.3 is 9.84 Å². The van der Waals surface area contributed by atoms with Gasteiger partial charge in [0.2, 0.25) is 0 Å². The summed E-state index contributed by atoms with van der Waals surface area (Å²) in [6, 6.07) is 0. The van der Waals surface area contributed by atoms with E-state index in [0.29, 0.717) is 24.5 Å². The van der Waals surface area contributed by atoms with E-state index in [2.05, 4.69) is 19.9 Å². The smallest absolute Gasteiger partial charge is 0.303 e. The van der Waals surface area contributed by atoms with Crippen LogP contribution in [0.3, 0.4) is 0 Å². The highest BCUT2D eigenvalue weighted by atomic mass is 16.5. The highest BCUT2D eigenvalue weighted by Gasteiger charge is 2.62. The number of hydrogen-bond donors (Lipinski definition) is 1. The molecule has 4 rings (SSSR count). The van der Waals surface area contributed by atoms with Crippen molar-refractivity contribution in [2.24, 2.45) is 34.5 Å². The van der Waals surface area contributed by atoms with E-state index < -0.39 is 5.97 Å². The van der Waals surface area contributed by atoms with Crippen LogP contribution in [0.2, 0.25) is 0 Å². The minimum atomic E-state index is -0.440. The molecule has 0 aromatic carbocycles. The molecule has 0 amide bonds. The molecule has 7 atom stereocenters. The quantitative estimate of drug-likeness (QED) is 0.593. The molecule has 0 saturated heterocycles. The van der Waals surface area contributed by atoms with E-state index in [0.717, 1.165) is 32.1 Å². The van der Waals surface area contributed by atoms with Gasteiger partial charge in [-0.15, -0.1) is 0 Å². The number of fused-ring (bicyclic) bond motifs is 5. The molecule has 3 fully saturated rings. The third kappa shape index (κ3) is 2.89. The summed E-state index contributed by atoms with van der Waals surface area (Å²) in [4.78, 5) is 37.3. The lowest BCUT2D eigenvalue weighted by Crippen LogP contribution is -2.55. The van der Waals surface area contributed by atoms with Gasteiger partial charge in [0.1, 0.15) is 12.4 Å². The number of carbonyl (C=O) groups excluding carboxylic acids is 3. The maximum Gasteiger partial charge on any atom is 0.303 e. The van der Waals surface area contributed by atoms with Crippen LogP contribution < -0.4 is 0 Å².